The molecule has 2 aromatic carbocycles. The number of halogens is 1. The highest BCUT2D eigenvalue weighted by Gasteiger charge is 2.24. The summed E-state index contributed by atoms with van der Waals surface area (Å²) < 4.78 is 44.8. The molecule has 0 aromatic heterocycles. The molecule has 0 heterocycles. The second-order valence-corrected chi connectivity index (χ2v) is 6.34. The molecule has 0 aliphatic carbocycles. The molecule has 0 aliphatic heterocycles. The van der Waals surface area contributed by atoms with Crippen molar-refractivity contribution in [3.63, 3.8) is 0 Å². The van der Waals surface area contributed by atoms with Crippen molar-refractivity contribution in [3.8, 4) is 5.75 Å². The summed E-state index contributed by atoms with van der Waals surface area (Å²) in [7, 11) is -2.31. The maximum Gasteiger partial charge on any atom is 0.264 e. The monoisotopic (exact) mass is 321 g/mol. The SMILES string of the molecule is C=CCN(c1cccc(OC)c1)S(=O)(=O)c1ccc(F)cc1. The van der Waals surface area contributed by atoms with E-state index in [2.05, 4.69) is 6.58 Å². The van der Waals surface area contributed by atoms with Gasteiger partial charge in [-0.2, -0.15) is 0 Å². The number of methoxy groups -OCH3 is 1. The number of sulfonamides is 1. The first kappa shape index (κ1) is 16.0. The molecule has 0 aliphatic rings. The van der Waals surface area contributed by atoms with E-state index in [0.29, 0.717) is 11.4 Å². The second kappa shape index (κ2) is 6.62. The van der Waals surface area contributed by atoms with Gasteiger partial charge in [0.25, 0.3) is 10.0 Å². The molecule has 0 spiro atoms. The Bertz CT molecular complexity index is 757. The van der Waals surface area contributed by atoms with Crippen LogP contribution >= 0.6 is 0 Å². The van der Waals surface area contributed by atoms with E-state index < -0.39 is 15.8 Å². The van der Waals surface area contributed by atoms with E-state index in [-0.39, 0.29) is 11.4 Å². The predicted octanol–water partition coefficient (Wildman–Crippen LogP) is 3.22. The minimum Gasteiger partial charge on any atom is -0.497 e. The van der Waals surface area contributed by atoms with Gasteiger partial charge in [0.2, 0.25) is 0 Å². The first-order chi connectivity index (χ1) is 10.5. The van der Waals surface area contributed by atoms with Crippen LogP contribution in [0.5, 0.6) is 5.75 Å². The smallest absolute Gasteiger partial charge is 0.264 e. The van der Waals surface area contributed by atoms with E-state index in [4.69, 9.17) is 4.74 Å². The zero-order chi connectivity index (χ0) is 16.2. The first-order valence-electron chi connectivity index (χ1n) is 6.52. The molecule has 2 aromatic rings. The normalized spacial score (nSPS) is 11.0. The van der Waals surface area contributed by atoms with Gasteiger partial charge in [-0.05, 0) is 36.4 Å². The molecule has 0 bridgehead atoms. The summed E-state index contributed by atoms with van der Waals surface area (Å²) in [6.07, 6.45) is 1.49. The van der Waals surface area contributed by atoms with Gasteiger partial charge in [0.1, 0.15) is 11.6 Å². The average molecular weight is 321 g/mol. The van der Waals surface area contributed by atoms with Crippen LogP contribution in [0.4, 0.5) is 10.1 Å². The number of rotatable bonds is 6. The van der Waals surface area contributed by atoms with Crippen LogP contribution in [0.15, 0.2) is 66.1 Å². The van der Waals surface area contributed by atoms with Crippen molar-refractivity contribution in [3.05, 3.63) is 67.0 Å². The van der Waals surface area contributed by atoms with Crippen LogP contribution in [0.1, 0.15) is 0 Å². The van der Waals surface area contributed by atoms with E-state index >= 15 is 0 Å². The molecule has 0 radical (unpaired) electrons. The topological polar surface area (TPSA) is 46.6 Å². The Labute approximate surface area is 129 Å². The van der Waals surface area contributed by atoms with Crippen LogP contribution in [0.2, 0.25) is 0 Å². The molecule has 22 heavy (non-hydrogen) atoms. The fourth-order valence-electron chi connectivity index (χ4n) is 1.96. The molecular formula is C16H16FNO3S. The van der Waals surface area contributed by atoms with Crippen molar-refractivity contribution in [2.24, 2.45) is 0 Å². The van der Waals surface area contributed by atoms with Crippen molar-refractivity contribution < 1.29 is 17.5 Å². The number of ether oxygens (including phenoxy) is 1. The molecule has 6 heteroatoms. The van der Waals surface area contributed by atoms with E-state index in [0.717, 1.165) is 12.1 Å². The standard InChI is InChI=1S/C16H16FNO3S/c1-3-11-18(14-5-4-6-15(12-14)21-2)22(19,20)16-9-7-13(17)8-10-16/h3-10,12H,1,11H2,2H3. The highest BCUT2D eigenvalue weighted by Crippen LogP contribution is 2.26. The molecule has 2 rings (SSSR count). The van der Waals surface area contributed by atoms with Gasteiger partial charge >= 0.3 is 0 Å². The molecular weight excluding hydrogens is 305 g/mol. The van der Waals surface area contributed by atoms with Crippen molar-refractivity contribution in [1.29, 1.82) is 0 Å². The number of anilines is 1. The Morgan fingerprint density at radius 3 is 2.50 bits per heavy atom. The number of hydrogen-bond acceptors (Lipinski definition) is 3. The lowest BCUT2D eigenvalue weighted by Gasteiger charge is -2.23. The summed E-state index contributed by atoms with van der Waals surface area (Å²) in [5, 5.41) is 0. The second-order valence-electron chi connectivity index (χ2n) is 4.48. The molecule has 0 saturated carbocycles. The Morgan fingerprint density at radius 2 is 1.91 bits per heavy atom. The Kier molecular flexibility index (Phi) is 4.82. The number of benzene rings is 2. The zero-order valence-electron chi connectivity index (χ0n) is 12.1. The van der Waals surface area contributed by atoms with Gasteiger partial charge in [-0.25, -0.2) is 12.8 Å². The Balaban J connectivity index is 2.50. The van der Waals surface area contributed by atoms with Gasteiger partial charge in [0.05, 0.1) is 24.2 Å². The molecule has 0 fully saturated rings. The van der Waals surface area contributed by atoms with Crippen molar-refractivity contribution >= 4 is 15.7 Å². The molecule has 0 amide bonds. The highest BCUT2D eigenvalue weighted by atomic mass is 32.2. The average Bonchev–Trinajstić information content (AvgIpc) is 2.53. The fourth-order valence-corrected chi connectivity index (χ4v) is 3.39. The van der Waals surface area contributed by atoms with E-state index in [1.165, 1.54) is 29.6 Å². The summed E-state index contributed by atoms with van der Waals surface area (Å²) in [5.74, 6) is 0.0523. The van der Waals surface area contributed by atoms with Crippen molar-refractivity contribution in [1.82, 2.24) is 0 Å². The molecule has 0 unspecified atom stereocenters. The summed E-state index contributed by atoms with van der Waals surface area (Å²) in [4.78, 5) is 0.0126. The zero-order valence-corrected chi connectivity index (χ0v) is 12.9. The van der Waals surface area contributed by atoms with Crippen molar-refractivity contribution in [2.75, 3.05) is 18.0 Å². The largest absolute Gasteiger partial charge is 0.497 e. The number of hydrogen-bond donors (Lipinski definition) is 0. The molecule has 0 atom stereocenters. The van der Waals surface area contributed by atoms with Crippen LogP contribution in [0, 0.1) is 5.82 Å². The third-order valence-electron chi connectivity index (χ3n) is 3.04. The van der Waals surface area contributed by atoms with Gasteiger partial charge in [-0.1, -0.05) is 12.1 Å². The van der Waals surface area contributed by atoms with E-state index in [1.807, 2.05) is 0 Å². The fraction of sp³-hybridized carbons (Fsp3) is 0.125. The van der Waals surface area contributed by atoms with Crippen LogP contribution in [0.25, 0.3) is 0 Å². The van der Waals surface area contributed by atoms with Gasteiger partial charge in [-0.15, -0.1) is 6.58 Å². The minimum absolute atomic E-state index is 0.0126. The Hall–Kier alpha value is -2.34. The molecule has 0 N–H and O–H groups in total. The quantitative estimate of drug-likeness (QED) is 0.768. The molecule has 116 valence electrons. The van der Waals surface area contributed by atoms with Crippen LogP contribution < -0.4 is 9.04 Å². The lowest BCUT2D eigenvalue weighted by atomic mass is 10.3. The lowest BCUT2D eigenvalue weighted by molar-refractivity contribution is 0.415. The minimum atomic E-state index is -3.82. The van der Waals surface area contributed by atoms with Crippen LogP contribution in [-0.4, -0.2) is 22.1 Å². The molecule has 4 nitrogen and oxygen atoms in total. The summed E-state index contributed by atoms with van der Waals surface area (Å²) in [6, 6.07) is 11.4. The summed E-state index contributed by atoms with van der Waals surface area (Å²) >= 11 is 0. The lowest BCUT2D eigenvalue weighted by Crippen LogP contribution is -2.31. The third-order valence-corrected chi connectivity index (χ3v) is 4.85. The highest BCUT2D eigenvalue weighted by molar-refractivity contribution is 7.92. The van der Waals surface area contributed by atoms with Gasteiger partial charge < -0.3 is 4.74 Å². The summed E-state index contributed by atoms with van der Waals surface area (Å²) in [6.45, 7) is 3.68. The Morgan fingerprint density at radius 1 is 1.23 bits per heavy atom. The summed E-state index contributed by atoms with van der Waals surface area (Å²) in [5.41, 5.74) is 0.448. The molecule has 0 saturated heterocycles. The van der Waals surface area contributed by atoms with E-state index in [1.54, 1.807) is 24.3 Å². The van der Waals surface area contributed by atoms with Crippen molar-refractivity contribution in [2.45, 2.75) is 4.90 Å². The van der Waals surface area contributed by atoms with Gasteiger partial charge in [0.15, 0.2) is 0 Å². The third kappa shape index (κ3) is 3.28. The van der Waals surface area contributed by atoms with Gasteiger partial charge in [-0.3, -0.25) is 4.31 Å². The maximum atomic E-state index is 13.0. The predicted molar refractivity (Wildman–Crippen MR) is 84.1 cm³/mol. The first-order valence-corrected chi connectivity index (χ1v) is 7.96. The van der Waals surface area contributed by atoms with Gasteiger partial charge in [0, 0.05) is 6.07 Å². The van der Waals surface area contributed by atoms with Crippen LogP contribution in [0.3, 0.4) is 0 Å². The number of nitrogens with zero attached hydrogens (tertiary/aromatic N) is 1. The maximum absolute atomic E-state index is 13.0. The van der Waals surface area contributed by atoms with E-state index in [9.17, 15) is 12.8 Å². The van der Waals surface area contributed by atoms with Crippen LogP contribution in [-0.2, 0) is 10.0 Å².